The van der Waals surface area contributed by atoms with Crippen LogP contribution in [0, 0.1) is 11.6 Å². The molecule has 2 atom stereocenters. The van der Waals surface area contributed by atoms with Crippen molar-refractivity contribution >= 4 is 11.7 Å². The number of aliphatic hydroxyl groups is 1. The Morgan fingerprint density at radius 2 is 1.70 bits per heavy atom. The normalized spacial score (nSPS) is 20.4. The molecule has 1 aliphatic heterocycles. The fourth-order valence-electron chi connectivity index (χ4n) is 3.08. The molecule has 0 aromatic heterocycles. The van der Waals surface area contributed by atoms with Gasteiger partial charge >= 0.3 is 0 Å². The predicted octanol–water partition coefficient (Wildman–Crippen LogP) is 3.17. The topological polar surface area (TPSA) is 75.6 Å². The van der Waals surface area contributed by atoms with Crippen molar-refractivity contribution in [2.24, 2.45) is 0 Å². The molecule has 2 unspecified atom stereocenters. The zero-order chi connectivity index (χ0) is 19.9. The molecule has 0 aliphatic carbocycles. The molecule has 5 nitrogen and oxygen atoms in total. The van der Waals surface area contributed by atoms with E-state index in [4.69, 9.17) is 4.74 Å². The van der Waals surface area contributed by atoms with Gasteiger partial charge in [0.15, 0.2) is 5.78 Å². The van der Waals surface area contributed by atoms with Crippen molar-refractivity contribution in [1.82, 2.24) is 5.32 Å². The zero-order valence-electron chi connectivity index (χ0n) is 15.0. The molecule has 2 aromatic rings. The number of carbonyl (C=O) groups excluding carboxylic acids is 2. The van der Waals surface area contributed by atoms with Gasteiger partial charge in [-0.3, -0.25) is 9.59 Å². The lowest BCUT2D eigenvalue weighted by atomic mass is 9.85. The number of hydrogen-bond donors (Lipinski definition) is 2. The fourth-order valence-corrected chi connectivity index (χ4v) is 3.08. The van der Waals surface area contributed by atoms with Crippen LogP contribution in [-0.4, -0.2) is 28.5 Å². The largest absolute Gasteiger partial charge is 0.485 e. The number of Topliss-reactive ketones (excluding diaryl/α,β-unsaturated/α-hetero) is 1. The van der Waals surface area contributed by atoms with E-state index in [1.165, 1.54) is 13.0 Å². The van der Waals surface area contributed by atoms with Crippen molar-refractivity contribution in [2.75, 3.05) is 0 Å². The van der Waals surface area contributed by atoms with E-state index in [1.807, 2.05) is 0 Å². The Balaban J connectivity index is 2.01. The maximum absolute atomic E-state index is 13.4. The fraction of sp³-hybridized carbons (Fsp3) is 0.300. The summed E-state index contributed by atoms with van der Waals surface area (Å²) in [5.74, 6) is -2.30. The molecule has 27 heavy (non-hydrogen) atoms. The van der Waals surface area contributed by atoms with Gasteiger partial charge in [0.05, 0.1) is 6.04 Å². The van der Waals surface area contributed by atoms with E-state index < -0.39 is 35.3 Å². The maximum atomic E-state index is 13.4. The SMILES string of the molecule is CC(=O)c1ccc2c(c1)C(NC(=O)c1cc(F)cc(F)c1)C(O)C(C)(C)O2. The number of hydrogen-bond acceptors (Lipinski definition) is 4. The van der Waals surface area contributed by atoms with Crippen LogP contribution in [0.1, 0.15) is 53.1 Å². The summed E-state index contributed by atoms with van der Waals surface area (Å²) >= 11 is 0. The molecule has 0 spiro atoms. The van der Waals surface area contributed by atoms with Crippen LogP contribution in [0.15, 0.2) is 36.4 Å². The first-order chi connectivity index (χ1) is 12.6. The van der Waals surface area contributed by atoms with Gasteiger partial charge < -0.3 is 15.2 Å². The lowest BCUT2D eigenvalue weighted by Crippen LogP contribution is -2.53. The summed E-state index contributed by atoms with van der Waals surface area (Å²) in [6.45, 7) is 4.70. The molecule has 0 saturated heterocycles. The van der Waals surface area contributed by atoms with Gasteiger partial charge in [0.25, 0.3) is 5.91 Å². The molecular formula is C20H19F2NO4. The second-order valence-electron chi connectivity index (χ2n) is 7.07. The second kappa shape index (κ2) is 6.74. The van der Waals surface area contributed by atoms with Gasteiger partial charge in [0, 0.05) is 22.8 Å². The number of carbonyl (C=O) groups is 2. The minimum Gasteiger partial charge on any atom is -0.485 e. The standard InChI is InChI=1S/C20H19F2NO4/c1-10(24)11-4-5-16-15(8-11)17(18(25)20(2,3)27-16)23-19(26)12-6-13(21)9-14(22)7-12/h4-9,17-18,25H,1-3H3,(H,23,26). The van der Waals surface area contributed by atoms with Crippen LogP contribution in [0.3, 0.4) is 0 Å². The molecule has 2 N–H and O–H groups in total. The number of aliphatic hydroxyl groups excluding tert-OH is 1. The molecule has 1 heterocycles. The monoisotopic (exact) mass is 375 g/mol. The molecule has 1 aliphatic rings. The predicted molar refractivity (Wildman–Crippen MR) is 93.7 cm³/mol. The highest BCUT2D eigenvalue weighted by molar-refractivity contribution is 5.95. The van der Waals surface area contributed by atoms with Crippen molar-refractivity contribution in [3.05, 3.63) is 64.7 Å². The average Bonchev–Trinajstić information content (AvgIpc) is 2.57. The lowest BCUT2D eigenvalue weighted by molar-refractivity contribution is -0.0627. The Kier molecular flexibility index (Phi) is 4.73. The Morgan fingerprint density at radius 3 is 2.30 bits per heavy atom. The average molecular weight is 375 g/mol. The van der Waals surface area contributed by atoms with Gasteiger partial charge in [-0.15, -0.1) is 0 Å². The highest BCUT2D eigenvalue weighted by atomic mass is 19.1. The number of amides is 1. The first kappa shape index (κ1) is 19.0. The van der Waals surface area contributed by atoms with E-state index >= 15 is 0 Å². The van der Waals surface area contributed by atoms with Gasteiger partial charge in [0.1, 0.15) is 29.1 Å². The maximum Gasteiger partial charge on any atom is 0.252 e. The first-order valence-corrected chi connectivity index (χ1v) is 8.37. The molecule has 7 heteroatoms. The minimum atomic E-state index is -1.16. The molecule has 0 saturated carbocycles. The van der Waals surface area contributed by atoms with E-state index in [0.717, 1.165) is 12.1 Å². The molecule has 0 radical (unpaired) electrons. The third-order valence-electron chi connectivity index (χ3n) is 4.56. The third-order valence-corrected chi connectivity index (χ3v) is 4.56. The van der Waals surface area contributed by atoms with Crippen LogP contribution in [0.5, 0.6) is 5.75 Å². The van der Waals surface area contributed by atoms with Gasteiger partial charge in [-0.25, -0.2) is 8.78 Å². The van der Waals surface area contributed by atoms with Crippen molar-refractivity contribution in [3.8, 4) is 5.75 Å². The molecule has 1 amide bonds. The van der Waals surface area contributed by atoms with Crippen LogP contribution in [0.25, 0.3) is 0 Å². The van der Waals surface area contributed by atoms with Crippen molar-refractivity contribution in [2.45, 2.75) is 38.5 Å². The number of ketones is 1. The Labute approximate surface area is 155 Å². The zero-order valence-corrected chi connectivity index (χ0v) is 15.0. The number of ether oxygens (including phenoxy) is 1. The van der Waals surface area contributed by atoms with Crippen LogP contribution in [-0.2, 0) is 0 Å². The van der Waals surface area contributed by atoms with E-state index in [1.54, 1.807) is 26.0 Å². The Bertz CT molecular complexity index is 906. The molecule has 2 aromatic carbocycles. The second-order valence-corrected chi connectivity index (χ2v) is 7.07. The van der Waals surface area contributed by atoms with Gasteiger partial charge in [-0.05, 0) is 51.1 Å². The molecule has 0 bridgehead atoms. The van der Waals surface area contributed by atoms with Crippen molar-refractivity contribution < 1.29 is 28.2 Å². The summed E-state index contributed by atoms with van der Waals surface area (Å²) in [6.07, 6.45) is -1.16. The van der Waals surface area contributed by atoms with Gasteiger partial charge in [-0.2, -0.15) is 0 Å². The molecule has 142 valence electrons. The van der Waals surface area contributed by atoms with E-state index in [0.29, 0.717) is 22.9 Å². The number of rotatable bonds is 3. The smallest absolute Gasteiger partial charge is 0.252 e. The lowest BCUT2D eigenvalue weighted by Gasteiger charge is -2.42. The van der Waals surface area contributed by atoms with E-state index in [-0.39, 0.29) is 11.3 Å². The summed E-state index contributed by atoms with van der Waals surface area (Å²) in [4.78, 5) is 24.2. The van der Waals surface area contributed by atoms with Gasteiger partial charge in [0.2, 0.25) is 0 Å². The highest BCUT2D eigenvalue weighted by Gasteiger charge is 2.43. The Hall–Kier alpha value is -2.80. The molecular weight excluding hydrogens is 356 g/mol. The summed E-state index contributed by atoms with van der Waals surface area (Å²) < 4.78 is 32.6. The quantitative estimate of drug-likeness (QED) is 0.808. The molecule has 0 fully saturated rings. The van der Waals surface area contributed by atoms with Crippen LogP contribution >= 0.6 is 0 Å². The van der Waals surface area contributed by atoms with E-state index in [2.05, 4.69) is 5.32 Å². The number of fused-ring (bicyclic) bond motifs is 1. The summed E-state index contributed by atoms with van der Waals surface area (Å²) in [7, 11) is 0. The third kappa shape index (κ3) is 3.68. The number of halogens is 2. The summed E-state index contributed by atoms with van der Waals surface area (Å²) in [5, 5.41) is 13.3. The first-order valence-electron chi connectivity index (χ1n) is 8.37. The molecule has 3 rings (SSSR count). The Morgan fingerprint density at radius 1 is 1.07 bits per heavy atom. The number of nitrogens with one attached hydrogen (secondary N) is 1. The number of benzene rings is 2. The summed E-state index contributed by atoms with van der Waals surface area (Å²) in [6, 6.07) is 6.27. The van der Waals surface area contributed by atoms with Crippen molar-refractivity contribution in [1.29, 1.82) is 0 Å². The van der Waals surface area contributed by atoms with Crippen LogP contribution < -0.4 is 10.1 Å². The minimum absolute atomic E-state index is 0.186. The van der Waals surface area contributed by atoms with Crippen LogP contribution in [0.4, 0.5) is 8.78 Å². The highest BCUT2D eigenvalue weighted by Crippen LogP contribution is 2.40. The van der Waals surface area contributed by atoms with Crippen LogP contribution in [0.2, 0.25) is 0 Å². The van der Waals surface area contributed by atoms with E-state index in [9.17, 15) is 23.5 Å². The van der Waals surface area contributed by atoms with Crippen molar-refractivity contribution in [3.63, 3.8) is 0 Å². The summed E-state index contributed by atoms with van der Waals surface area (Å²) in [5.41, 5.74) is -0.441. The van der Waals surface area contributed by atoms with Gasteiger partial charge in [-0.1, -0.05) is 0 Å².